The molecule has 0 aliphatic carbocycles. The van der Waals surface area contributed by atoms with Crippen LogP contribution < -0.4 is 0 Å². The van der Waals surface area contributed by atoms with Gasteiger partial charge in [0, 0.05) is 6.92 Å². The van der Waals surface area contributed by atoms with Gasteiger partial charge in [-0.2, -0.15) is 0 Å². The highest BCUT2D eigenvalue weighted by molar-refractivity contribution is 5.75. The Labute approximate surface area is 68.7 Å². The predicted molar refractivity (Wildman–Crippen MR) is 47.0 cm³/mol. The molecule has 0 amide bonds. The maximum Gasteiger partial charge on any atom is 0.180 e. The lowest BCUT2D eigenvalue weighted by molar-refractivity contribution is 0.181. The Balaban J connectivity index is 2.46. The van der Waals surface area contributed by atoms with E-state index in [9.17, 15) is 0 Å². The zero-order valence-electron chi connectivity index (χ0n) is 7.63. The van der Waals surface area contributed by atoms with Crippen molar-refractivity contribution in [3.8, 4) is 0 Å². The Bertz CT molecular complexity index is 154. The van der Waals surface area contributed by atoms with Crippen LogP contribution in [-0.2, 0) is 4.74 Å². The number of nitrogens with zero attached hydrogens (tertiary/aromatic N) is 1. The minimum atomic E-state index is 0.356. The fraction of sp³-hybridized carbons (Fsp3) is 0.889. The molecule has 0 saturated heterocycles. The second kappa shape index (κ2) is 3.74. The van der Waals surface area contributed by atoms with Crippen LogP contribution >= 0.6 is 0 Å². The molecular weight excluding hydrogens is 138 g/mol. The number of rotatable bonds is 3. The topological polar surface area (TPSA) is 21.6 Å². The highest BCUT2D eigenvalue weighted by Crippen LogP contribution is 2.20. The molecule has 2 nitrogen and oxygen atoms in total. The molecule has 1 aliphatic heterocycles. The molecule has 0 N–H and O–H groups in total. The summed E-state index contributed by atoms with van der Waals surface area (Å²) in [4.78, 5) is 4.42. The van der Waals surface area contributed by atoms with E-state index in [2.05, 4.69) is 18.8 Å². The van der Waals surface area contributed by atoms with Crippen molar-refractivity contribution in [1.82, 2.24) is 0 Å². The van der Waals surface area contributed by atoms with Gasteiger partial charge in [0.2, 0.25) is 0 Å². The van der Waals surface area contributed by atoms with Crippen LogP contribution in [0.5, 0.6) is 0 Å². The van der Waals surface area contributed by atoms with Crippen molar-refractivity contribution >= 4 is 5.90 Å². The molecule has 0 aromatic heterocycles. The van der Waals surface area contributed by atoms with Crippen molar-refractivity contribution in [2.45, 2.75) is 52.2 Å². The molecular formula is C9H17NO. The van der Waals surface area contributed by atoms with Gasteiger partial charge in [-0.3, -0.25) is 0 Å². The van der Waals surface area contributed by atoms with Crippen LogP contribution in [0.3, 0.4) is 0 Å². The minimum absolute atomic E-state index is 0.356. The first-order valence-corrected chi connectivity index (χ1v) is 4.49. The normalized spacial score (nSPS) is 29.9. The smallest absolute Gasteiger partial charge is 0.180 e. The molecule has 2 atom stereocenters. The van der Waals surface area contributed by atoms with E-state index in [0.29, 0.717) is 12.1 Å². The van der Waals surface area contributed by atoms with E-state index in [1.165, 1.54) is 6.42 Å². The molecule has 1 heterocycles. The van der Waals surface area contributed by atoms with E-state index in [0.717, 1.165) is 18.7 Å². The average Bonchev–Trinajstić information content (AvgIpc) is 2.32. The Morgan fingerprint density at radius 3 is 2.73 bits per heavy atom. The maximum absolute atomic E-state index is 5.53. The van der Waals surface area contributed by atoms with Crippen molar-refractivity contribution in [1.29, 1.82) is 0 Å². The number of hydrogen-bond acceptors (Lipinski definition) is 2. The summed E-state index contributed by atoms with van der Waals surface area (Å²) in [6.07, 6.45) is 3.79. The Morgan fingerprint density at radius 2 is 2.18 bits per heavy atom. The fourth-order valence-corrected chi connectivity index (χ4v) is 1.55. The third-order valence-electron chi connectivity index (χ3n) is 2.09. The summed E-state index contributed by atoms with van der Waals surface area (Å²) in [6, 6.07) is 0.435. The third kappa shape index (κ3) is 1.95. The predicted octanol–water partition coefficient (Wildman–Crippen LogP) is 2.38. The fourth-order valence-electron chi connectivity index (χ4n) is 1.55. The maximum atomic E-state index is 5.53. The van der Waals surface area contributed by atoms with E-state index in [4.69, 9.17) is 4.74 Å². The quantitative estimate of drug-likeness (QED) is 0.613. The average molecular weight is 155 g/mol. The lowest BCUT2D eigenvalue weighted by Gasteiger charge is -2.13. The van der Waals surface area contributed by atoms with Gasteiger partial charge in [-0.05, 0) is 12.8 Å². The summed E-state index contributed by atoms with van der Waals surface area (Å²) >= 11 is 0. The number of hydrogen-bond donors (Lipinski definition) is 0. The summed E-state index contributed by atoms with van der Waals surface area (Å²) in [5.74, 6) is 0.871. The highest BCUT2D eigenvalue weighted by atomic mass is 16.5. The molecule has 0 aromatic rings. The zero-order valence-corrected chi connectivity index (χ0v) is 7.63. The Morgan fingerprint density at radius 1 is 1.45 bits per heavy atom. The van der Waals surface area contributed by atoms with Crippen LogP contribution in [0.15, 0.2) is 4.99 Å². The molecule has 0 saturated carbocycles. The van der Waals surface area contributed by atoms with Crippen molar-refractivity contribution in [2.24, 2.45) is 4.99 Å². The second-order valence-electron chi connectivity index (χ2n) is 3.07. The summed E-state index contributed by atoms with van der Waals surface area (Å²) < 4.78 is 5.53. The van der Waals surface area contributed by atoms with Gasteiger partial charge in [0.05, 0.1) is 6.04 Å². The Kier molecular flexibility index (Phi) is 2.92. The molecule has 2 heteroatoms. The molecule has 1 rings (SSSR count). The second-order valence-corrected chi connectivity index (χ2v) is 3.07. The standard InChI is InChI=1S/C9H17NO/c1-4-6-8-9(5-2)11-7(3)10-8/h8-9H,4-6H2,1-3H3. The van der Waals surface area contributed by atoms with Crippen LogP contribution in [-0.4, -0.2) is 18.0 Å². The summed E-state index contributed by atoms with van der Waals surface area (Å²) in [7, 11) is 0. The summed E-state index contributed by atoms with van der Waals surface area (Å²) in [5.41, 5.74) is 0. The van der Waals surface area contributed by atoms with Gasteiger partial charge in [-0.15, -0.1) is 0 Å². The van der Waals surface area contributed by atoms with Crippen LogP contribution in [0.1, 0.15) is 40.0 Å². The number of aliphatic imine (C=N–C) groups is 1. The first kappa shape index (κ1) is 8.57. The molecule has 0 radical (unpaired) electrons. The molecule has 11 heavy (non-hydrogen) atoms. The molecule has 0 spiro atoms. The van der Waals surface area contributed by atoms with Crippen molar-refractivity contribution in [3.63, 3.8) is 0 Å². The van der Waals surface area contributed by atoms with E-state index in [-0.39, 0.29) is 0 Å². The van der Waals surface area contributed by atoms with Gasteiger partial charge >= 0.3 is 0 Å². The molecule has 1 aliphatic rings. The lowest BCUT2D eigenvalue weighted by atomic mass is 10.1. The summed E-state index contributed by atoms with van der Waals surface area (Å²) in [5, 5.41) is 0. The third-order valence-corrected chi connectivity index (χ3v) is 2.09. The van der Waals surface area contributed by atoms with Crippen LogP contribution in [0, 0.1) is 0 Å². The first-order chi connectivity index (χ1) is 5.27. The SMILES string of the molecule is CCCC1N=C(C)OC1CC. The number of ether oxygens (including phenoxy) is 1. The zero-order chi connectivity index (χ0) is 8.27. The van der Waals surface area contributed by atoms with Gasteiger partial charge in [0.15, 0.2) is 5.90 Å². The molecule has 0 aromatic carbocycles. The van der Waals surface area contributed by atoms with Gasteiger partial charge in [0.25, 0.3) is 0 Å². The molecule has 0 bridgehead atoms. The largest absolute Gasteiger partial charge is 0.476 e. The van der Waals surface area contributed by atoms with Gasteiger partial charge in [-0.1, -0.05) is 20.3 Å². The van der Waals surface area contributed by atoms with Crippen molar-refractivity contribution < 1.29 is 4.74 Å². The van der Waals surface area contributed by atoms with Crippen LogP contribution in [0.2, 0.25) is 0 Å². The van der Waals surface area contributed by atoms with E-state index >= 15 is 0 Å². The van der Waals surface area contributed by atoms with Crippen LogP contribution in [0.25, 0.3) is 0 Å². The molecule has 0 fully saturated rings. The van der Waals surface area contributed by atoms with E-state index in [1.807, 2.05) is 6.92 Å². The van der Waals surface area contributed by atoms with Crippen LogP contribution in [0.4, 0.5) is 0 Å². The van der Waals surface area contributed by atoms with Crippen molar-refractivity contribution in [2.75, 3.05) is 0 Å². The van der Waals surface area contributed by atoms with Gasteiger partial charge in [-0.25, -0.2) is 4.99 Å². The lowest BCUT2D eigenvalue weighted by Crippen LogP contribution is -2.20. The summed E-state index contributed by atoms with van der Waals surface area (Å²) in [6.45, 7) is 6.29. The highest BCUT2D eigenvalue weighted by Gasteiger charge is 2.26. The van der Waals surface area contributed by atoms with Gasteiger partial charge < -0.3 is 4.74 Å². The van der Waals surface area contributed by atoms with Gasteiger partial charge in [0.1, 0.15) is 6.10 Å². The van der Waals surface area contributed by atoms with E-state index in [1.54, 1.807) is 0 Å². The molecule has 2 unspecified atom stereocenters. The first-order valence-electron chi connectivity index (χ1n) is 4.49. The monoisotopic (exact) mass is 155 g/mol. The van der Waals surface area contributed by atoms with E-state index < -0.39 is 0 Å². The minimum Gasteiger partial charge on any atom is -0.476 e. The molecule has 64 valence electrons. The Hall–Kier alpha value is -0.530. The van der Waals surface area contributed by atoms with Crippen molar-refractivity contribution in [3.05, 3.63) is 0 Å².